The molecule has 0 aromatic heterocycles. The standard InChI is InChI=1S/C10H13NO2.C4H9N/c1-2-13-10(12)7-8-3-5-9(11)6-4-8;1-2-4-5-3-1/h3-6H,2,7,11H2,1H3;5H,1-4H2. The molecule has 0 bridgehead atoms. The van der Waals surface area contributed by atoms with Crippen molar-refractivity contribution < 1.29 is 9.53 Å². The van der Waals surface area contributed by atoms with Gasteiger partial charge in [-0.05, 0) is 50.6 Å². The van der Waals surface area contributed by atoms with Gasteiger partial charge in [0, 0.05) is 5.69 Å². The minimum absolute atomic E-state index is 0.202. The Morgan fingerprint density at radius 2 is 1.89 bits per heavy atom. The van der Waals surface area contributed by atoms with Crippen molar-refractivity contribution in [2.75, 3.05) is 25.4 Å². The minimum Gasteiger partial charge on any atom is -0.466 e. The molecule has 1 heterocycles. The van der Waals surface area contributed by atoms with Crippen LogP contribution in [0.5, 0.6) is 0 Å². The fraction of sp³-hybridized carbons (Fsp3) is 0.500. The number of carbonyl (C=O) groups is 1. The van der Waals surface area contributed by atoms with Crippen LogP contribution in [0.25, 0.3) is 0 Å². The summed E-state index contributed by atoms with van der Waals surface area (Å²) < 4.78 is 4.81. The highest BCUT2D eigenvalue weighted by molar-refractivity contribution is 5.72. The Morgan fingerprint density at radius 1 is 1.28 bits per heavy atom. The molecule has 4 nitrogen and oxygen atoms in total. The minimum atomic E-state index is -0.202. The number of ether oxygens (including phenoxy) is 1. The summed E-state index contributed by atoms with van der Waals surface area (Å²) in [6.07, 6.45) is 3.09. The summed E-state index contributed by atoms with van der Waals surface area (Å²) in [5.74, 6) is -0.202. The first-order valence-corrected chi connectivity index (χ1v) is 6.43. The van der Waals surface area contributed by atoms with Crippen LogP contribution in [0.1, 0.15) is 25.3 Å². The van der Waals surface area contributed by atoms with Gasteiger partial charge in [-0.15, -0.1) is 0 Å². The first-order chi connectivity index (χ1) is 8.72. The number of anilines is 1. The maximum atomic E-state index is 11.0. The summed E-state index contributed by atoms with van der Waals surface area (Å²) >= 11 is 0. The van der Waals surface area contributed by atoms with Gasteiger partial charge in [0.1, 0.15) is 0 Å². The lowest BCUT2D eigenvalue weighted by atomic mass is 10.1. The lowest BCUT2D eigenvalue weighted by Gasteiger charge is -2.01. The third kappa shape index (κ3) is 6.25. The van der Waals surface area contributed by atoms with Gasteiger partial charge in [0.2, 0.25) is 0 Å². The Bertz CT molecular complexity index is 338. The third-order valence-electron chi connectivity index (χ3n) is 2.59. The molecular weight excluding hydrogens is 228 g/mol. The molecule has 1 aromatic carbocycles. The van der Waals surface area contributed by atoms with E-state index in [4.69, 9.17) is 10.5 Å². The lowest BCUT2D eigenvalue weighted by molar-refractivity contribution is -0.142. The van der Waals surface area contributed by atoms with Crippen molar-refractivity contribution in [2.24, 2.45) is 0 Å². The number of rotatable bonds is 3. The molecule has 0 saturated carbocycles. The zero-order valence-corrected chi connectivity index (χ0v) is 10.9. The number of nitrogens with one attached hydrogen (secondary N) is 1. The highest BCUT2D eigenvalue weighted by atomic mass is 16.5. The van der Waals surface area contributed by atoms with Crippen molar-refractivity contribution in [3.8, 4) is 0 Å². The van der Waals surface area contributed by atoms with Gasteiger partial charge in [-0.2, -0.15) is 0 Å². The van der Waals surface area contributed by atoms with E-state index in [-0.39, 0.29) is 5.97 Å². The molecule has 4 heteroatoms. The quantitative estimate of drug-likeness (QED) is 0.633. The molecule has 1 fully saturated rings. The molecule has 0 amide bonds. The van der Waals surface area contributed by atoms with Crippen molar-refractivity contribution in [1.82, 2.24) is 5.32 Å². The Hall–Kier alpha value is -1.55. The molecule has 100 valence electrons. The van der Waals surface area contributed by atoms with E-state index in [2.05, 4.69) is 5.32 Å². The van der Waals surface area contributed by atoms with E-state index >= 15 is 0 Å². The highest BCUT2D eigenvalue weighted by Crippen LogP contribution is 2.06. The molecule has 0 aliphatic carbocycles. The van der Waals surface area contributed by atoms with Crippen LogP contribution in [-0.4, -0.2) is 25.7 Å². The lowest BCUT2D eigenvalue weighted by Crippen LogP contribution is -2.07. The molecular formula is C14H22N2O2. The van der Waals surface area contributed by atoms with Crippen molar-refractivity contribution in [2.45, 2.75) is 26.2 Å². The van der Waals surface area contributed by atoms with Crippen LogP contribution < -0.4 is 11.1 Å². The Labute approximate surface area is 109 Å². The fourth-order valence-electron chi connectivity index (χ4n) is 1.64. The molecule has 3 N–H and O–H groups in total. The molecule has 1 saturated heterocycles. The van der Waals surface area contributed by atoms with Crippen LogP contribution in [0.15, 0.2) is 24.3 Å². The molecule has 0 atom stereocenters. The smallest absolute Gasteiger partial charge is 0.310 e. The molecule has 2 rings (SSSR count). The summed E-state index contributed by atoms with van der Waals surface area (Å²) in [4.78, 5) is 11.0. The Kier molecular flexibility index (Phi) is 6.87. The summed E-state index contributed by atoms with van der Waals surface area (Å²) in [6, 6.07) is 7.20. The van der Waals surface area contributed by atoms with Gasteiger partial charge in [-0.25, -0.2) is 0 Å². The van der Waals surface area contributed by atoms with Gasteiger partial charge in [-0.3, -0.25) is 4.79 Å². The molecule has 0 spiro atoms. The van der Waals surface area contributed by atoms with E-state index in [9.17, 15) is 4.79 Å². The summed E-state index contributed by atoms with van der Waals surface area (Å²) in [5, 5.41) is 3.22. The first-order valence-electron chi connectivity index (χ1n) is 6.43. The van der Waals surface area contributed by atoms with Crippen molar-refractivity contribution >= 4 is 11.7 Å². The average molecular weight is 250 g/mol. The monoisotopic (exact) mass is 250 g/mol. The molecule has 0 unspecified atom stereocenters. The van der Waals surface area contributed by atoms with Crippen LogP contribution in [0.4, 0.5) is 5.69 Å². The number of esters is 1. The molecule has 1 aliphatic rings. The SMILES string of the molecule is C1CCNC1.CCOC(=O)Cc1ccc(N)cc1. The van der Waals surface area contributed by atoms with Crippen LogP contribution in [0, 0.1) is 0 Å². The van der Waals surface area contributed by atoms with E-state index in [0.717, 1.165) is 5.56 Å². The van der Waals surface area contributed by atoms with E-state index < -0.39 is 0 Å². The van der Waals surface area contributed by atoms with Crippen LogP contribution >= 0.6 is 0 Å². The van der Waals surface area contributed by atoms with Gasteiger partial charge < -0.3 is 15.8 Å². The van der Waals surface area contributed by atoms with Crippen LogP contribution in [0.3, 0.4) is 0 Å². The maximum Gasteiger partial charge on any atom is 0.310 e. The molecule has 1 aliphatic heterocycles. The Morgan fingerprint density at radius 3 is 2.33 bits per heavy atom. The Balaban J connectivity index is 0.000000269. The predicted octanol–water partition coefficient (Wildman–Crippen LogP) is 1.74. The fourth-order valence-corrected chi connectivity index (χ4v) is 1.64. The average Bonchev–Trinajstić information content (AvgIpc) is 2.91. The summed E-state index contributed by atoms with van der Waals surface area (Å²) in [5.41, 5.74) is 7.13. The zero-order valence-electron chi connectivity index (χ0n) is 10.9. The largest absolute Gasteiger partial charge is 0.466 e. The van der Waals surface area contributed by atoms with Gasteiger partial charge in [0.15, 0.2) is 0 Å². The predicted molar refractivity (Wildman–Crippen MR) is 73.3 cm³/mol. The molecule has 0 radical (unpaired) electrons. The second-order valence-corrected chi connectivity index (χ2v) is 4.18. The van der Waals surface area contributed by atoms with Gasteiger partial charge in [0.05, 0.1) is 13.0 Å². The zero-order chi connectivity index (χ0) is 13.2. The van der Waals surface area contributed by atoms with Crippen molar-refractivity contribution in [3.05, 3.63) is 29.8 Å². The topological polar surface area (TPSA) is 64.3 Å². The third-order valence-corrected chi connectivity index (χ3v) is 2.59. The van der Waals surface area contributed by atoms with E-state index in [1.807, 2.05) is 12.1 Å². The number of nitrogens with two attached hydrogens (primary N) is 1. The normalized spacial score (nSPS) is 13.6. The van der Waals surface area contributed by atoms with E-state index in [1.165, 1.54) is 25.9 Å². The van der Waals surface area contributed by atoms with Gasteiger partial charge in [-0.1, -0.05) is 12.1 Å². The van der Waals surface area contributed by atoms with E-state index in [0.29, 0.717) is 18.7 Å². The van der Waals surface area contributed by atoms with Crippen molar-refractivity contribution in [3.63, 3.8) is 0 Å². The second-order valence-electron chi connectivity index (χ2n) is 4.18. The highest BCUT2D eigenvalue weighted by Gasteiger charge is 2.02. The number of hydrogen-bond acceptors (Lipinski definition) is 4. The summed E-state index contributed by atoms with van der Waals surface area (Å²) in [6.45, 7) is 4.72. The molecule has 18 heavy (non-hydrogen) atoms. The maximum absolute atomic E-state index is 11.0. The van der Waals surface area contributed by atoms with Crippen molar-refractivity contribution in [1.29, 1.82) is 0 Å². The number of carbonyl (C=O) groups excluding carboxylic acids is 1. The van der Waals surface area contributed by atoms with Crippen LogP contribution in [0.2, 0.25) is 0 Å². The van der Waals surface area contributed by atoms with Gasteiger partial charge >= 0.3 is 5.97 Å². The summed E-state index contributed by atoms with van der Waals surface area (Å²) in [7, 11) is 0. The number of hydrogen-bond donors (Lipinski definition) is 2. The molecule has 1 aromatic rings. The second kappa shape index (κ2) is 8.53. The first kappa shape index (κ1) is 14.5. The number of benzene rings is 1. The van der Waals surface area contributed by atoms with Crippen LogP contribution in [-0.2, 0) is 16.0 Å². The number of nitrogen functional groups attached to an aromatic ring is 1. The van der Waals surface area contributed by atoms with Gasteiger partial charge in [0.25, 0.3) is 0 Å². The van der Waals surface area contributed by atoms with E-state index in [1.54, 1.807) is 19.1 Å².